The lowest BCUT2D eigenvalue weighted by Gasteiger charge is -2.26. The van der Waals surface area contributed by atoms with Crippen LogP contribution in [0.5, 0.6) is 0 Å². The van der Waals surface area contributed by atoms with Gasteiger partial charge in [-0.1, -0.05) is 0 Å². The molecule has 0 aliphatic rings. The van der Waals surface area contributed by atoms with Crippen LogP contribution in [-0.4, -0.2) is 36.5 Å². The highest BCUT2D eigenvalue weighted by molar-refractivity contribution is 5.77. The van der Waals surface area contributed by atoms with E-state index in [9.17, 15) is 5.21 Å². The number of nitrogens with two attached hydrogens (primary N) is 3. The molecule has 0 fully saturated rings. The molecule has 96 valence electrons. The van der Waals surface area contributed by atoms with Crippen molar-refractivity contribution in [2.24, 2.45) is 0 Å². The third kappa shape index (κ3) is 2.60. The number of nitrogen functional groups attached to an aromatic ring is 3. The zero-order valence-electron chi connectivity index (χ0n) is 9.33. The number of hydrogen-bond donors (Lipinski definition) is 5. The Balaban J connectivity index is 3.22. The van der Waals surface area contributed by atoms with Crippen LogP contribution in [0.1, 0.15) is 0 Å². The van der Waals surface area contributed by atoms with Crippen LogP contribution in [0, 0.1) is 5.21 Å². The molecule has 1 rings (SSSR count). The summed E-state index contributed by atoms with van der Waals surface area (Å²) >= 11 is 0. The Morgan fingerprint density at radius 1 is 1.18 bits per heavy atom. The predicted molar refractivity (Wildman–Crippen MR) is 65.0 cm³/mol. The van der Waals surface area contributed by atoms with Gasteiger partial charge in [0.25, 0.3) is 0 Å². The second-order valence-corrected chi connectivity index (χ2v) is 3.49. The van der Waals surface area contributed by atoms with Gasteiger partial charge in [-0.25, -0.2) is 4.73 Å². The van der Waals surface area contributed by atoms with Gasteiger partial charge in [0.15, 0.2) is 0 Å². The van der Waals surface area contributed by atoms with E-state index in [2.05, 4.69) is 0 Å². The van der Waals surface area contributed by atoms with E-state index in [1.165, 1.54) is 11.0 Å². The maximum absolute atomic E-state index is 11.5. The Morgan fingerprint density at radius 3 is 2.18 bits per heavy atom. The van der Waals surface area contributed by atoms with Crippen molar-refractivity contribution in [2.45, 2.75) is 0 Å². The molecule has 0 spiro atoms. The first-order chi connectivity index (χ1) is 8.02. The minimum Gasteiger partial charge on any atom is -0.740 e. The first kappa shape index (κ1) is 13.1. The van der Waals surface area contributed by atoms with Crippen LogP contribution in [-0.2, 0) is 0 Å². The standard InChI is InChI=1S/C9H17N5O3/c10-6-5-7(11)14(17)9(12)8(6)13(1-3-15)2-4-16/h5,15-16H,1-4,10-12H2. The lowest BCUT2D eigenvalue weighted by atomic mass is 10.2. The van der Waals surface area contributed by atoms with Gasteiger partial charge in [-0.15, -0.1) is 0 Å². The van der Waals surface area contributed by atoms with Gasteiger partial charge in [0.2, 0.25) is 11.6 Å². The van der Waals surface area contributed by atoms with Crippen molar-refractivity contribution in [1.82, 2.24) is 0 Å². The number of hydrogen-bond acceptors (Lipinski definition) is 7. The molecule has 8 N–H and O–H groups in total. The number of aromatic nitrogens is 1. The maximum atomic E-state index is 11.5. The third-order valence-electron chi connectivity index (χ3n) is 2.33. The molecule has 0 aliphatic heterocycles. The van der Waals surface area contributed by atoms with E-state index < -0.39 is 0 Å². The molecule has 17 heavy (non-hydrogen) atoms. The van der Waals surface area contributed by atoms with Crippen LogP contribution in [0.3, 0.4) is 0 Å². The number of rotatable bonds is 5. The average molecular weight is 243 g/mol. The smallest absolute Gasteiger partial charge is 0.245 e. The van der Waals surface area contributed by atoms with E-state index in [1.807, 2.05) is 0 Å². The van der Waals surface area contributed by atoms with Gasteiger partial charge in [0.05, 0.1) is 18.9 Å². The molecule has 0 atom stereocenters. The highest BCUT2D eigenvalue weighted by Gasteiger charge is 2.18. The summed E-state index contributed by atoms with van der Waals surface area (Å²) < 4.78 is 0.355. The highest BCUT2D eigenvalue weighted by atomic mass is 16.5. The Kier molecular flexibility index (Phi) is 4.18. The molecule has 0 amide bonds. The summed E-state index contributed by atoms with van der Waals surface area (Å²) in [5.41, 5.74) is 17.3. The van der Waals surface area contributed by atoms with Crippen molar-refractivity contribution >= 4 is 23.0 Å². The molecule has 0 saturated heterocycles. The van der Waals surface area contributed by atoms with E-state index in [1.54, 1.807) is 0 Å². The Hall–Kier alpha value is -1.93. The van der Waals surface area contributed by atoms with Crippen LogP contribution in [0.4, 0.5) is 23.0 Å². The second kappa shape index (κ2) is 5.41. The molecule has 0 radical (unpaired) electrons. The number of anilines is 4. The normalized spacial score (nSPS) is 10.5. The third-order valence-corrected chi connectivity index (χ3v) is 2.33. The first-order valence-corrected chi connectivity index (χ1v) is 5.06. The zero-order valence-corrected chi connectivity index (χ0v) is 9.33. The quantitative estimate of drug-likeness (QED) is 0.292. The fourth-order valence-electron chi connectivity index (χ4n) is 1.59. The Morgan fingerprint density at radius 2 is 1.71 bits per heavy atom. The number of nitrogens with zero attached hydrogens (tertiary/aromatic N) is 2. The van der Waals surface area contributed by atoms with Crippen LogP contribution in [0.15, 0.2) is 6.07 Å². The van der Waals surface area contributed by atoms with Gasteiger partial charge in [0.1, 0.15) is 5.69 Å². The van der Waals surface area contributed by atoms with E-state index >= 15 is 0 Å². The monoisotopic (exact) mass is 243 g/mol. The average Bonchev–Trinajstić information content (AvgIpc) is 2.27. The summed E-state index contributed by atoms with van der Waals surface area (Å²) in [5, 5.41) is 29.3. The summed E-state index contributed by atoms with van der Waals surface area (Å²) in [6.45, 7) is 0.113. The molecule has 8 heteroatoms. The Labute approximate surface area is 98.4 Å². The van der Waals surface area contributed by atoms with Gasteiger partial charge < -0.3 is 37.5 Å². The summed E-state index contributed by atoms with van der Waals surface area (Å²) in [5.74, 6) is -0.249. The molecule has 1 aromatic rings. The number of pyridine rings is 1. The van der Waals surface area contributed by atoms with Crippen molar-refractivity contribution in [2.75, 3.05) is 48.4 Å². The van der Waals surface area contributed by atoms with Crippen molar-refractivity contribution in [3.8, 4) is 0 Å². The summed E-state index contributed by atoms with van der Waals surface area (Å²) in [7, 11) is 0. The fourth-order valence-corrected chi connectivity index (χ4v) is 1.59. The molecule has 0 aromatic carbocycles. The molecule has 1 heterocycles. The van der Waals surface area contributed by atoms with Gasteiger partial charge >= 0.3 is 0 Å². The van der Waals surface area contributed by atoms with Crippen LogP contribution in [0.25, 0.3) is 0 Å². The van der Waals surface area contributed by atoms with Gasteiger partial charge in [-0.3, -0.25) is 0 Å². The number of aliphatic hydroxyl groups is 2. The van der Waals surface area contributed by atoms with Crippen LogP contribution >= 0.6 is 0 Å². The molecule has 1 aromatic heterocycles. The molecule has 0 saturated carbocycles. The molecule has 0 bridgehead atoms. The van der Waals surface area contributed by atoms with Gasteiger partial charge in [-0.2, -0.15) is 0 Å². The van der Waals surface area contributed by atoms with Crippen molar-refractivity contribution in [3.63, 3.8) is 0 Å². The SMILES string of the molecule is Nc1cc(N)[n+]([O-])c(N)c1N(CCO)CCO. The van der Waals surface area contributed by atoms with Gasteiger partial charge in [-0.05, 0) is 0 Å². The predicted octanol–water partition coefficient (Wildman–Crippen LogP) is -2.14. The minimum absolute atomic E-state index is 0.100. The second-order valence-electron chi connectivity index (χ2n) is 3.49. The summed E-state index contributed by atoms with van der Waals surface area (Å²) in [6, 6.07) is 1.29. The Bertz CT molecular complexity index is 393. The molecule has 0 unspecified atom stereocenters. The van der Waals surface area contributed by atoms with E-state index in [4.69, 9.17) is 27.4 Å². The largest absolute Gasteiger partial charge is 0.740 e. The van der Waals surface area contributed by atoms with E-state index in [0.717, 1.165) is 0 Å². The van der Waals surface area contributed by atoms with E-state index in [-0.39, 0.29) is 49.3 Å². The molecule has 0 aliphatic carbocycles. The minimum atomic E-state index is -0.151. The number of aliphatic hydroxyl groups excluding tert-OH is 2. The zero-order chi connectivity index (χ0) is 13.0. The molecular weight excluding hydrogens is 226 g/mol. The maximum Gasteiger partial charge on any atom is 0.245 e. The topological polar surface area (TPSA) is 149 Å². The van der Waals surface area contributed by atoms with Crippen molar-refractivity contribution < 1.29 is 14.9 Å². The highest BCUT2D eigenvalue weighted by Crippen LogP contribution is 2.28. The van der Waals surface area contributed by atoms with E-state index in [0.29, 0.717) is 4.73 Å². The summed E-state index contributed by atoms with van der Waals surface area (Å²) in [4.78, 5) is 1.53. The lowest BCUT2D eigenvalue weighted by Crippen LogP contribution is -2.39. The fraction of sp³-hybridized carbons (Fsp3) is 0.444. The van der Waals surface area contributed by atoms with Crippen LogP contribution in [0.2, 0.25) is 0 Å². The van der Waals surface area contributed by atoms with Gasteiger partial charge in [0, 0.05) is 19.2 Å². The first-order valence-electron chi connectivity index (χ1n) is 5.06. The molecule has 8 nitrogen and oxygen atoms in total. The van der Waals surface area contributed by atoms with Crippen molar-refractivity contribution in [3.05, 3.63) is 11.3 Å². The van der Waals surface area contributed by atoms with Crippen LogP contribution < -0.4 is 26.8 Å². The lowest BCUT2D eigenvalue weighted by molar-refractivity contribution is -0.573. The summed E-state index contributed by atoms with van der Waals surface area (Å²) in [6.07, 6.45) is 0. The van der Waals surface area contributed by atoms with Crippen molar-refractivity contribution in [1.29, 1.82) is 0 Å². The molecular formula is C9H17N5O3.